The van der Waals surface area contributed by atoms with E-state index in [1.54, 1.807) is 0 Å². The highest BCUT2D eigenvalue weighted by molar-refractivity contribution is 5.65. The lowest BCUT2D eigenvalue weighted by Crippen LogP contribution is -2.39. The van der Waals surface area contributed by atoms with Crippen LogP contribution in [0.2, 0.25) is 0 Å². The van der Waals surface area contributed by atoms with Crippen molar-refractivity contribution in [1.82, 2.24) is 19.6 Å². The standard InChI is InChI=1S/C22H30N4/c1-3-7-20(8-4-1)18-26-19-22(17-23-26)21-9-13-25(14-10-21)16-15-24-11-5-2-6-12-24/h1,3-4,7-9,17,19H,2,5-6,10-16,18H2. The van der Waals surface area contributed by atoms with Crippen LogP contribution in [0.25, 0.3) is 5.57 Å². The van der Waals surface area contributed by atoms with Gasteiger partial charge in [0, 0.05) is 37.9 Å². The highest BCUT2D eigenvalue weighted by Crippen LogP contribution is 2.22. The van der Waals surface area contributed by atoms with E-state index in [-0.39, 0.29) is 0 Å². The second kappa shape index (κ2) is 8.65. The van der Waals surface area contributed by atoms with Crippen molar-refractivity contribution in [3.63, 3.8) is 0 Å². The molecular formula is C22H30N4. The number of hydrogen-bond acceptors (Lipinski definition) is 3. The van der Waals surface area contributed by atoms with Crippen LogP contribution in [0.3, 0.4) is 0 Å². The zero-order valence-electron chi connectivity index (χ0n) is 15.7. The van der Waals surface area contributed by atoms with Gasteiger partial charge in [-0.2, -0.15) is 5.10 Å². The zero-order valence-corrected chi connectivity index (χ0v) is 15.7. The first-order valence-electron chi connectivity index (χ1n) is 10.1. The summed E-state index contributed by atoms with van der Waals surface area (Å²) in [5.41, 5.74) is 4.04. The molecular weight excluding hydrogens is 320 g/mol. The molecule has 0 spiro atoms. The monoisotopic (exact) mass is 350 g/mol. The van der Waals surface area contributed by atoms with Gasteiger partial charge in [-0.25, -0.2) is 0 Å². The number of hydrogen-bond donors (Lipinski definition) is 0. The fourth-order valence-corrected chi connectivity index (χ4v) is 4.03. The Bertz CT molecular complexity index is 713. The fourth-order valence-electron chi connectivity index (χ4n) is 4.03. The first-order chi connectivity index (χ1) is 12.9. The van der Waals surface area contributed by atoms with E-state index in [0.717, 1.165) is 19.5 Å². The summed E-state index contributed by atoms with van der Waals surface area (Å²) >= 11 is 0. The summed E-state index contributed by atoms with van der Waals surface area (Å²) in [6.45, 7) is 8.13. The lowest BCUT2D eigenvalue weighted by Gasteiger charge is -2.31. The van der Waals surface area contributed by atoms with Gasteiger partial charge in [-0.1, -0.05) is 42.8 Å². The molecule has 3 heterocycles. The summed E-state index contributed by atoms with van der Waals surface area (Å²) in [5.74, 6) is 0. The highest BCUT2D eigenvalue weighted by atomic mass is 15.3. The van der Waals surface area contributed by atoms with Gasteiger partial charge in [-0.3, -0.25) is 9.58 Å². The normalized spacial score (nSPS) is 19.5. The predicted molar refractivity (Wildman–Crippen MR) is 107 cm³/mol. The summed E-state index contributed by atoms with van der Waals surface area (Å²) in [7, 11) is 0. The first-order valence-corrected chi connectivity index (χ1v) is 10.1. The minimum atomic E-state index is 0.843. The molecule has 0 aliphatic carbocycles. The Morgan fingerprint density at radius 3 is 2.46 bits per heavy atom. The average molecular weight is 351 g/mol. The molecule has 1 aromatic carbocycles. The molecule has 2 aromatic rings. The van der Waals surface area contributed by atoms with Crippen LogP contribution in [0.5, 0.6) is 0 Å². The van der Waals surface area contributed by atoms with Gasteiger partial charge in [0.2, 0.25) is 0 Å². The van der Waals surface area contributed by atoms with Crippen molar-refractivity contribution in [2.75, 3.05) is 39.3 Å². The molecule has 0 N–H and O–H groups in total. The average Bonchev–Trinajstić information content (AvgIpc) is 3.17. The molecule has 1 fully saturated rings. The third-order valence-corrected chi connectivity index (χ3v) is 5.67. The van der Waals surface area contributed by atoms with E-state index in [1.807, 2.05) is 10.9 Å². The molecule has 4 rings (SSSR count). The Hall–Kier alpha value is -1.91. The van der Waals surface area contributed by atoms with Gasteiger partial charge in [0.1, 0.15) is 0 Å². The van der Waals surface area contributed by atoms with Crippen LogP contribution in [0.4, 0.5) is 0 Å². The number of aromatic nitrogens is 2. The molecule has 1 aromatic heterocycles. The molecule has 0 saturated carbocycles. The minimum Gasteiger partial charge on any atom is -0.302 e. The van der Waals surface area contributed by atoms with E-state index < -0.39 is 0 Å². The Morgan fingerprint density at radius 2 is 1.69 bits per heavy atom. The van der Waals surface area contributed by atoms with Crippen molar-refractivity contribution in [3.8, 4) is 0 Å². The van der Waals surface area contributed by atoms with Crippen LogP contribution < -0.4 is 0 Å². The van der Waals surface area contributed by atoms with Gasteiger partial charge in [-0.05, 0) is 43.5 Å². The third kappa shape index (κ3) is 4.63. The van der Waals surface area contributed by atoms with E-state index >= 15 is 0 Å². The van der Waals surface area contributed by atoms with Gasteiger partial charge in [-0.15, -0.1) is 0 Å². The van der Waals surface area contributed by atoms with Gasteiger partial charge in [0.15, 0.2) is 0 Å². The molecule has 0 bridgehead atoms. The largest absolute Gasteiger partial charge is 0.302 e. The molecule has 2 aliphatic rings. The van der Waals surface area contributed by atoms with Gasteiger partial charge >= 0.3 is 0 Å². The topological polar surface area (TPSA) is 24.3 Å². The number of benzene rings is 1. The maximum absolute atomic E-state index is 4.56. The van der Waals surface area contributed by atoms with Crippen molar-refractivity contribution in [2.45, 2.75) is 32.2 Å². The van der Waals surface area contributed by atoms with E-state index in [9.17, 15) is 0 Å². The van der Waals surface area contributed by atoms with Crippen molar-refractivity contribution >= 4 is 5.57 Å². The molecule has 0 unspecified atom stereocenters. The van der Waals surface area contributed by atoms with Gasteiger partial charge < -0.3 is 4.90 Å². The van der Waals surface area contributed by atoms with E-state index in [1.165, 1.54) is 68.7 Å². The smallest absolute Gasteiger partial charge is 0.0659 e. The number of likely N-dealkylation sites (tertiary alicyclic amines) is 1. The molecule has 1 saturated heterocycles. The maximum Gasteiger partial charge on any atom is 0.0659 e. The summed E-state index contributed by atoms with van der Waals surface area (Å²) < 4.78 is 2.05. The van der Waals surface area contributed by atoms with Crippen molar-refractivity contribution in [3.05, 3.63) is 59.9 Å². The summed E-state index contributed by atoms with van der Waals surface area (Å²) in [6.07, 6.45) is 12.0. The van der Waals surface area contributed by atoms with E-state index in [0.29, 0.717) is 0 Å². The highest BCUT2D eigenvalue weighted by Gasteiger charge is 2.16. The molecule has 4 nitrogen and oxygen atoms in total. The molecule has 0 atom stereocenters. The number of nitrogens with zero attached hydrogens (tertiary/aromatic N) is 4. The summed E-state index contributed by atoms with van der Waals surface area (Å²) in [4.78, 5) is 5.23. The van der Waals surface area contributed by atoms with Crippen LogP contribution in [0, 0.1) is 0 Å². The molecule has 4 heteroatoms. The van der Waals surface area contributed by atoms with Crippen molar-refractivity contribution < 1.29 is 0 Å². The molecule has 26 heavy (non-hydrogen) atoms. The van der Waals surface area contributed by atoms with Crippen LogP contribution in [0.15, 0.2) is 48.8 Å². The molecule has 0 radical (unpaired) electrons. The lowest BCUT2D eigenvalue weighted by atomic mass is 10.0. The quantitative estimate of drug-likeness (QED) is 0.797. The second-order valence-corrected chi connectivity index (χ2v) is 7.59. The number of piperidine rings is 1. The van der Waals surface area contributed by atoms with Gasteiger partial charge in [0.05, 0.1) is 12.7 Å². The predicted octanol–water partition coefficient (Wildman–Crippen LogP) is 3.51. The zero-order chi connectivity index (χ0) is 17.6. The Balaban J connectivity index is 1.28. The lowest BCUT2D eigenvalue weighted by molar-refractivity contribution is 0.188. The molecule has 0 amide bonds. The third-order valence-electron chi connectivity index (χ3n) is 5.67. The van der Waals surface area contributed by atoms with Crippen molar-refractivity contribution in [2.24, 2.45) is 0 Å². The van der Waals surface area contributed by atoms with Crippen LogP contribution in [0.1, 0.15) is 36.8 Å². The molecule has 138 valence electrons. The fraction of sp³-hybridized carbons (Fsp3) is 0.500. The SMILES string of the molecule is C1=C(c2cnn(Cc3ccccc3)c2)CCN(CCN2CCCCC2)C1. The van der Waals surface area contributed by atoms with E-state index in [4.69, 9.17) is 0 Å². The Kier molecular flexibility index (Phi) is 5.82. The van der Waals surface area contributed by atoms with Gasteiger partial charge in [0.25, 0.3) is 0 Å². The van der Waals surface area contributed by atoms with Crippen molar-refractivity contribution in [1.29, 1.82) is 0 Å². The number of rotatable bonds is 6. The molecule has 2 aliphatic heterocycles. The summed E-state index contributed by atoms with van der Waals surface area (Å²) in [6, 6.07) is 10.5. The Morgan fingerprint density at radius 1 is 0.885 bits per heavy atom. The first kappa shape index (κ1) is 17.5. The van der Waals surface area contributed by atoms with Crippen LogP contribution in [-0.4, -0.2) is 58.8 Å². The van der Waals surface area contributed by atoms with E-state index in [2.05, 4.69) is 57.5 Å². The van der Waals surface area contributed by atoms with Crippen LogP contribution >= 0.6 is 0 Å². The second-order valence-electron chi connectivity index (χ2n) is 7.59. The summed E-state index contributed by atoms with van der Waals surface area (Å²) in [5, 5.41) is 4.56. The Labute approximate surface area is 157 Å². The maximum atomic E-state index is 4.56. The van der Waals surface area contributed by atoms with Crippen LogP contribution in [-0.2, 0) is 6.54 Å². The minimum absolute atomic E-state index is 0.843.